The van der Waals surface area contributed by atoms with Gasteiger partial charge in [0.25, 0.3) is 5.91 Å². The molecule has 1 unspecified atom stereocenters. The Labute approximate surface area is 166 Å². The Morgan fingerprint density at radius 3 is 2.48 bits per heavy atom. The van der Waals surface area contributed by atoms with Crippen molar-refractivity contribution in [3.05, 3.63) is 71.2 Å². The first kappa shape index (κ1) is 19.1. The number of anilines is 2. The maximum Gasteiger partial charge on any atom is 0.255 e. The highest BCUT2D eigenvalue weighted by Crippen LogP contribution is 2.26. The average Bonchev–Trinajstić information content (AvgIpc) is 3.16. The molecule has 0 saturated heterocycles. The monoisotopic (exact) mass is 397 g/mol. The van der Waals surface area contributed by atoms with Gasteiger partial charge in [-0.25, -0.2) is 4.98 Å². The number of nitrogens with zero attached hydrogens (tertiary/aromatic N) is 1. The molecule has 0 aliphatic rings. The van der Waals surface area contributed by atoms with Crippen LogP contribution in [-0.2, 0) is 4.79 Å². The second kappa shape index (κ2) is 8.83. The summed E-state index contributed by atoms with van der Waals surface area (Å²) in [5.41, 5.74) is 2.30. The van der Waals surface area contributed by atoms with E-state index in [-0.39, 0.29) is 17.1 Å². The standard InChI is InChI=1S/C20H19N3O2S2/c1-13-5-3-4-6-17(13)19(25)22-15-7-9-16(10-8-15)27-14(2)18(24)23-20-21-11-12-26-20/h3-12,14H,1-2H3,(H,22,25)(H,21,23,24). The van der Waals surface area contributed by atoms with Gasteiger partial charge >= 0.3 is 0 Å². The Kier molecular flexibility index (Phi) is 6.26. The Bertz CT molecular complexity index is 925. The number of aryl methyl sites for hydroxylation is 1. The number of hydrogen-bond acceptors (Lipinski definition) is 5. The third kappa shape index (κ3) is 5.18. The Morgan fingerprint density at radius 2 is 1.81 bits per heavy atom. The number of hydrogen-bond donors (Lipinski definition) is 2. The maximum atomic E-state index is 12.4. The highest BCUT2D eigenvalue weighted by atomic mass is 32.2. The van der Waals surface area contributed by atoms with Gasteiger partial charge in [0.05, 0.1) is 5.25 Å². The van der Waals surface area contributed by atoms with Crippen molar-refractivity contribution in [1.82, 2.24) is 4.98 Å². The molecule has 27 heavy (non-hydrogen) atoms. The van der Waals surface area contributed by atoms with E-state index in [1.54, 1.807) is 12.3 Å². The number of nitrogens with one attached hydrogen (secondary N) is 2. The van der Waals surface area contributed by atoms with Crippen LogP contribution in [0.25, 0.3) is 0 Å². The lowest BCUT2D eigenvalue weighted by molar-refractivity contribution is -0.115. The number of benzene rings is 2. The number of aromatic nitrogens is 1. The minimum absolute atomic E-state index is 0.0908. The minimum atomic E-state index is -0.263. The van der Waals surface area contributed by atoms with Crippen LogP contribution in [0, 0.1) is 6.92 Å². The molecule has 0 radical (unpaired) electrons. The Hall–Kier alpha value is -2.64. The zero-order valence-electron chi connectivity index (χ0n) is 14.9. The van der Waals surface area contributed by atoms with E-state index in [0.29, 0.717) is 16.4 Å². The van der Waals surface area contributed by atoms with E-state index < -0.39 is 0 Å². The molecule has 1 heterocycles. The van der Waals surface area contributed by atoms with Crippen LogP contribution in [0.2, 0.25) is 0 Å². The zero-order chi connectivity index (χ0) is 19.2. The topological polar surface area (TPSA) is 71.1 Å². The highest BCUT2D eigenvalue weighted by molar-refractivity contribution is 8.00. The third-order valence-electron chi connectivity index (χ3n) is 3.85. The summed E-state index contributed by atoms with van der Waals surface area (Å²) in [6.07, 6.45) is 1.65. The lowest BCUT2D eigenvalue weighted by Crippen LogP contribution is -2.22. The summed E-state index contributed by atoms with van der Waals surface area (Å²) in [6, 6.07) is 14.9. The van der Waals surface area contributed by atoms with Crippen LogP contribution < -0.4 is 10.6 Å². The molecule has 138 valence electrons. The molecule has 0 saturated carbocycles. The SMILES string of the molecule is Cc1ccccc1C(=O)Nc1ccc(SC(C)C(=O)Nc2nccs2)cc1. The van der Waals surface area contributed by atoms with Crippen molar-refractivity contribution in [3.63, 3.8) is 0 Å². The predicted octanol–water partition coefficient (Wildman–Crippen LogP) is 4.82. The van der Waals surface area contributed by atoms with E-state index >= 15 is 0 Å². The first-order chi connectivity index (χ1) is 13.0. The molecular formula is C20H19N3O2S2. The number of thioether (sulfide) groups is 1. The van der Waals surface area contributed by atoms with Crippen molar-refractivity contribution in [3.8, 4) is 0 Å². The van der Waals surface area contributed by atoms with Crippen molar-refractivity contribution < 1.29 is 9.59 Å². The van der Waals surface area contributed by atoms with Crippen molar-refractivity contribution in [2.75, 3.05) is 10.6 Å². The van der Waals surface area contributed by atoms with Crippen molar-refractivity contribution in [2.24, 2.45) is 0 Å². The number of carbonyl (C=O) groups excluding carboxylic acids is 2. The molecule has 2 aromatic carbocycles. The fraction of sp³-hybridized carbons (Fsp3) is 0.150. The normalized spacial score (nSPS) is 11.6. The molecular weight excluding hydrogens is 378 g/mol. The molecule has 0 aliphatic carbocycles. The summed E-state index contributed by atoms with van der Waals surface area (Å²) < 4.78 is 0. The summed E-state index contributed by atoms with van der Waals surface area (Å²) in [5.74, 6) is -0.225. The summed E-state index contributed by atoms with van der Waals surface area (Å²) in [6.45, 7) is 3.76. The minimum Gasteiger partial charge on any atom is -0.322 e. The molecule has 7 heteroatoms. The van der Waals surface area contributed by atoms with Gasteiger partial charge in [-0.3, -0.25) is 9.59 Å². The van der Waals surface area contributed by atoms with Crippen LogP contribution in [0.3, 0.4) is 0 Å². The summed E-state index contributed by atoms with van der Waals surface area (Å²) in [7, 11) is 0. The van der Waals surface area contributed by atoms with Gasteiger partial charge in [0, 0.05) is 27.7 Å². The molecule has 0 fully saturated rings. The van der Waals surface area contributed by atoms with Crippen LogP contribution in [-0.4, -0.2) is 22.0 Å². The van der Waals surface area contributed by atoms with Gasteiger partial charge in [0.15, 0.2) is 5.13 Å². The molecule has 5 nitrogen and oxygen atoms in total. The first-order valence-corrected chi connectivity index (χ1v) is 10.1. The van der Waals surface area contributed by atoms with Crippen molar-refractivity contribution in [2.45, 2.75) is 24.0 Å². The van der Waals surface area contributed by atoms with Gasteiger partial charge < -0.3 is 10.6 Å². The third-order valence-corrected chi connectivity index (χ3v) is 5.65. The number of carbonyl (C=O) groups is 2. The van der Waals surface area contributed by atoms with Gasteiger partial charge in [-0.1, -0.05) is 18.2 Å². The van der Waals surface area contributed by atoms with Gasteiger partial charge in [-0.2, -0.15) is 0 Å². The molecule has 2 amide bonds. The quantitative estimate of drug-likeness (QED) is 0.585. The van der Waals surface area contributed by atoms with E-state index in [2.05, 4.69) is 15.6 Å². The van der Waals surface area contributed by atoms with Crippen molar-refractivity contribution in [1.29, 1.82) is 0 Å². The number of amides is 2. The zero-order valence-corrected chi connectivity index (χ0v) is 16.6. The molecule has 0 spiro atoms. The Morgan fingerprint density at radius 1 is 1.07 bits per heavy atom. The molecule has 2 N–H and O–H groups in total. The van der Waals surface area contributed by atoms with Crippen molar-refractivity contribution >= 4 is 45.7 Å². The molecule has 0 bridgehead atoms. The van der Waals surface area contributed by atoms with Crippen LogP contribution in [0.1, 0.15) is 22.8 Å². The molecule has 0 aliphatic heterocycles. The van der Waals surface area contributed by atoms with Crippen LogP contribution in [0.15, 0.2) is 65.0 Å². The average molecular weight is 398 g/mol. The maximum absolute atomic E-state index is 12.4. The van der Waals surface area contributed by atoms with Gasteiger partial charge in [-0.15, -0.1) is 23.1 Å². The Balaban J connectivity index is 1.57. The molecule has 3 aromatic rings. The largest absolute Gasteiger partial charge is 0.322 e. The number of rotatable bonds is 6. The van der Waals surface area contributed by atoms with Crippen LogP contribution >= 0.6 is 23.1 Å². The highest BCUT2D eigenvalue weighted by Gasteiger charge is 2.15. The fourth-order valence-corrected chi connectivity index (χ4v) is 3.79. The second-order valence-corrected chi connectivity index (χ2v) is 8.19. The lowest BCUT2D eigenvalue weighted by Gasteiger charge is -2.11. The summed E-state index contributed by atoms with van der Waals surface area (Å²) in [4.78, 5) is 29.6. The summed E-state index contributed by atoms with van der Waals surface area (Å²) >= 11 is 2.84. The fourth-order valence-electron chi connectivity index (χ4n) is 2.39. The smallest absolute Gasteiger partial charge is 0.255 e. The van der Waals surface area contributed by atoms with E-state index in [4.69, 9.17) is 0 Å². The van der Waals surface area contributed by atoms with E-state index in [0.717, 1.165) is 10.5 Å². The van der Waals surface area contributed by atoms with E-state index in [1.807, 2.05) is 61.7 Å². The molecule has 3 rings (SSSR count). The first-order valence-electron chi connectivity index (χ1n) is 8.37. The van der Waals surface area contributed by atoms with Gasteiger partial charge in [-0.05, 0) is 49.7 Å². The van der Waals surface area contributed by atoms with Crippen LogP contribution in [0.5, 0.6) is 0 Å². The van der Waals surface area contributed by atoms with Gasteiger partial charge in [0.2, 0.25) is 5.91 Å². The summed E-state index contributed by atoms with van der Waals surface area (Å²) in [5, 5.41) is 7.84. The van der Waals surface area contributed by atoms with E-state index in [9.17, 15) is 9.59 Å². The van der Waals surface area contributed by atoms with Crippen LogP contribution in [0.4, 0.5) is 10.8 Å². The lowest BCUT2D eigenvalue weighted by atomic mass is 10.1. The second-order valence-electron chi connectivity index (χ2n) is 5.88. The number of thiazole rings is 1. The van der Waals surface area contributed by atoms with Gasteiger partial charge in [0.1, 0.15) is 0 Å². The molecule has 1 atom stereocenters. The molecule has 1 aromatic heterocycles. The predicted molar refractivity (Wildman–Crippen MR) is 112 cm³/mol. The van der Waals surface area contributed by atoms with E-state index in [1.165, 1.54) is 23.1 Å².